The van der Waals surface area contributed by atoms with Gasteiger partial charge >= 0.3 is 0 Å². The Balaban J connectivity index is 2.13. The van der Waals surface area contributed by atoms with Gasteiger partial charge in [-0.05, 0) is 25.0 Å². The third kappa shape index (κ3) is 3.45. The highest BCUT2D eigenvalue weighted by molar-refractivity contribution is 7.80. The maximum Gasteiger partial charge on any atom is 0.261 e. The molecule has 1 aromatic rings. The minimum atomic E-state index is -0.303. The van der Waals surface area contributed by atoms with Crippen LogP contribution in [0.15, 0.2) is 23.1 Å². The standard InChI is InChI=1S/C14H19N3O2S/c15-13(20)11-6-5-9-17(14(11)19)10-12(18)16-7-3-1-2-4-8-16/h5-6,9H,1-4,7-8,10H2,(H2,15,20). The molecule has 1 amide bonds. The molecular weight excluding hydrogens is 274 g/mol. The lowest BCUT2D eigenvalue weighted by Crippen LogP contribution is -2.38. The Morgan fingerprint density at radius 1 is 1.25 bits per heavy atom. The number of likely N-dealkylation sites (tertiary alicyclic amines) is 1. The first-order valence-electron chi connectivity index (χ1n) is 6.86. The van der Waals surface area contributed by atoms with Crippen LogP contribution in [0.25, 0.3) is 0 Å². The van der Waals surface area contributed by atoms with E-state index in [1.165, 1.54) is 17.4 Å². The van der Waals surface area contributed by atoms with Crippen LogP contribution in [0.3, 0.4) is 0 Å². The van der Waals surface area contributed by atoms with Gasteiger partial charge in [0.25, 0.3) is 5.56 Å². The molecule has 1 saturated heterocycles. The molecule has 0 bridgehead atoms. The first-order valence-corrected chi connectivity index (χ1v) is 7.27. The zero-order valence-corrected chi connectivity index (χ0v) is 12.2. The second-order valence-corrected chi connectivity index (χ2v) is 5.45. The van der Waals surface area contributed by atoms with Crippen molar-refractivity contribution in [3.05, 3.63) is 34.2 Å². The molecule has 0 unspecified atom stereocenters. The van der Waals surface area contributed by atoms with Crippen molar-refractivity contribution in [3.8, 4) is 0 Å². The summed E-state index contributed by atoms with van der Waals surface area (Å²) in [5.41, 5.74) is 5.48. The Morgan fingerprint density at radius 3 is 2.50 bits per heavy atom. The maximum absolute atomic E-state index is 12.3. The Hall–Kier alpha value is -1.69. The quantitative estimate of drug-likeness (QED) is 0.840. The molecule has 2 N–H and O–H groups in total. The summed E-state index contributed by atoms with van der Waals surface area (Å²) in [7, 11) is 0. The van der Waals surface area contributed by atoms with Crippen LogP contribution in [0.1, 0.15) is 31.2 Å². The number of thiocarbonyl (C=S) groups is 1. The van der Waals surface area contributed by atoms with Gasteiger partial charge < -0.3 is 15.2 Å². The van der Waals surface area contributed by atoms with Crippen LogP contribution in [0.5, 0.6) is 0 Å². The molecular formula is C14H19N3O2S. The minimum absolute atomic E-state index is 0.0194. The molecule has 1 aliphatic rings. The molecule has 6 heteroatoms. The average molecular weight is 293 g/mol. The Morgan fingerprint density at radius 2 is 1.90 bits per heavy atom. The van der Waals surface area contributed by atoms with Crippen molar-refractivity contribution in [3.63, 3.8) is 0 Å². The van der Waals surface area contributed by atoms with Crippen molar-refractivity contribution in [2.75, 3.05) is 13.1 Å². The van der Waals surface area contributed by atoms with E-state index >= 15 is 0 Å². The zero-order valence-electron chi connectivity index (χ0n) is 11.4. The lowest BCUT2D eigenvalue weighted by molar-refractivity contribution is -0.131. The summed E-state index contributed by atoms with van der Waals surface area (Å²) < 4.78 is 1.38. The summed E-state index contributed by atoms with van der Waals surface area (Å²) in [4.78, 5) is 26.3. The van der Waals surface area contributed by atoms with Crippen molar-refractivity contribution in [1.29, 1.82) is 0 Å². The van der Waals surface area contributed by atoms with Gasteiger partial charge in [0.2, 0.25) is 5.91 Å². The number of carbonyl (C=O) groups is 1. The van der Waals surface area contributed by atoms with E-state index in [1.54, 1.807) is 18.3 Å². The number of hydrogen-bond acceptors (Lipinski definition) is 3. The number of aromatic nitrogens is 1. The molecule has 2 rings (SSSR count). The van der Waals surface area contributed by atoms with Crippen LogP contribution in [0.2, 0.25) is 0 Å². The summed E-state index contributed by atoms with van der Waals surface area (Å²) in [6.45, 7) is 1.61. The lowest BCUT2D eigenvalue weighted by atomic mass is 10.2. The van der Waals surface area contributed by atoms with Crippen LogP contribution in [0.4, 0.5) is 0 Å². The fourth-order valence-corrected chi connectivity index (χ4v) is 2.57. The average Bonchev–Trinajstić information content (AvgIpc) is 2.69. The van der Waals surface area contributed by atoms with Crippen molar-refractivity contribution < 1.29 is 4.79 Å². The second kappa shape index (κ2) is 6.65. The largest absolute Gasteiger partial charge is 0.389 e. The molecule has 1 aliphatic heterocycles. The summed E-state index contributed by atoms with van der Waals surface area (Å²) in [5, 5.41) is 0. The fraction of sp³-hybridized carbons (Fsp3) is 0.500. The number of hydrogen-bond donors (Lipinski definition) is 1. The number of nitrogens with two attached hydrogens (primary N) is 1. The molecule has 0 radical (unpaired) electrons. The van der Waals surface area contributed by atoms with E-state index in [1.807, 2.05) is 4.90 Å². The minimum Gasteiger partial charge on any atom is -0.389 e. The highest BCUT2D eigenvalue weighted by atomic mass is 32.1. The predicted molar refractivity (Wildman–Crippen MR) is 81.6 cm³/mol. The number of pyridine rings is 1. The number of amides is 1. The topological polar surface area (TPSA) is 68.3 Å². The zero-order chi connectivity index (χ0) is 14.5. The van der Waals surface area contributed by atoms with Crippen LogP contribution in [-0.4, -0.2) is 33.5 Å². The molecule has 20 heavy (non-hydrogen) atoms. The first-order chi connectivity index (χ1) is 9.59. The summed E-state index contributed by atoms with van der Waals surface area (Å²) in [6, 6.07) is 3.27. The van der Waals surface area contributed by atoms with Gasteiger partial charge in [0, 0.05) is 19.3 Å². The van der Waals surface area contributed by atoms with Gasteiger partial charge in [0.15, 0.2) is 0 Å². The molecule has 2 heterocycles. The van der Waals surface area contributed by atoms with Crippen molar-refractivity contribution in [1.82, 2.24) is 9.47 Å². The first kappa shape index (κ1) is 14.7. The molecule has 0 saturated carbocycles. The van der Waals surface area contributed by atoms with E-state index in [0.29, 0.717) is 0 Å². The third-order valence-corrected chi connectivity index (χ3v) is 3.77. The maximum atomic E-state index is 12.3. The highest BCUT2D eigenvalue weighted by Gasteiger charge is 2.16. The van der Waals surface area contributed by atoms with Gasteiger partial charge in [0.05, 0.1) is 5.56 Å². The van der Waals surface area contributed by atoms with E-state index in [-0.39, 0.29) is 28.6 Å². The van der Waals surface area contributed by atoms with Crippen molar-refractivity contribution in [2.45, 2.75) is 32.2 Å². The predicted octanol–water partition coefficient (Wildman–Crippen LogP) is 0.885. The molecule has 108 valence electrons. The molecule has 0 spiro atoms. The third-order valence-electron chi connectivity index (χ3n) is 3.55. The van der Waals surface area contributed by atoms with Crippen LogP contribution in [-0.2, 0) is 11.3 Å². The number of rotatable bonds is 3. The Labute approximate surface area is 123 Å². The van der Waals surface area contributed by atoms with Crippen LogP contribution < -0.4 is 11.3 Å². The Bertz CT molecular complexity index is 560. The molecule has 1 fully saturated rings. The normalized spacial score (nSPS) is 15.7. The number of nitrogens with zero attached hydrogens (tertiary/aromatic N) is 2. The summed E-state index contributed by atoms with van der Waals surface area (Å²) >= 11 is 4.83. The van der Waals surface area contributed by atoms with E-state index in [2.05, 4.69) is 0 Å². The van der Waals surface area contributed by atoms with E-state index in [0.717, 1.165) is 25.9 Å². The Kier molecular flexibility index (Phi) is 4.89. The summed E-state index contributed by atoms with van der Waals surface area (Å²) in [6.07, 6.45) is 6.00. The molecule has 0 atom stereocenters. The molecule has 0 aliphatic carbocycles. The van der Waals surface area contributed by atoms with Gasteiger partial charge in [-0.2, -0.15) is 0 Å². The molecule has 0 aromatic carbocycles. The fourth-order valence-electron chi connectivity index (χ4n) is 2.41. The van der Waals surface area contributed by atoms with Gasteiger partial charge in [-0.25, -0.2) is 0 Å². The highest BCUT2D eigenvalue weighted by Crippen LogP contribution is 2.10. The number of carbonyl (C=O) groups excluding carboxylic acids is 1. The summed E-state index contributed by atoms with van der Waals surface area (Å²) in [5.74, 6) is -0.0194. The lowest BCUT2D eigenvalue weighted by Gasteiger charge is -2.20. The second-order valence-electron chi connectivity index (χ2n) is 5.01. The SMILES string of the molecule is NC(=S)c1cccn(CC(=O)N2CCCCCC2)c1=O. The molecule has 1 aromatic heterocycles. The van der Waals surface area contributed by atoms with Crippen molar-refractivity contribution in [2.24, 2.45) is 5.73 Å². The van der Waals surface area contributed by atoms with E-state index < -0.39 is 0 Å². The van der Waals surface area contributed by atoms with Gasteiger partial charge in [0.1, 0.15) is 11.5 Å². The molecule has 5 nitrogen and oxygen atoms in total. The van der Waals surface area contributed by atoms with Gasteiger partial charge in [-0.1, -0.05) is 25.1 Å². The monoisotopic (exact) mass is 293 g/mol. The van der Waals surface area contributed by atoms with E-state index in [4.69, 9.17) is 18.0 Å². The van der Waals surface area contributed by atoms with Crippen LogP contribution in [0, 0.1) is 0 Å². The van der Waals surface area contributed by atoms with Gasteiger partial charge in [-0.3, -0.25) is 9.59 Å². The smallest absolute Gasteiger partial charge is 0.261 e. The van der Waals surface area contributed by atoms with Crippen molar-refractivity contribution >= 4 is 23.1 Å². The van der Waals surface area contributed by atoms with Gasteiger partial charge in [-0.15, -0.1) is 0 Å². The van der Waals surface area contributed by atoms with E-state index in [9.17, 15) is 9.59 Å². The van der Waals surface area contributed by atoms with Crippen LogP contribution >= 0.6 is 12.2 Å².